The number of amides is 1. The molecule has 2 spiro atoms. The van der Waals surface area contributed by atoms with E-state index >= 15 is 0 Å². The van der Waals surface area contributed by atoms with Gasteiger partial charge in [0.1, 0.15) is 0 Å². The number of nitrogens with zero attached hydrogens (tertiary/aromatic N) is 1. The van der Waals surface area contributed by atoms with Crippen molar-refractivity contribution in [3.63, 3.8) is 0 Å². The molecule has 1 aromatic carbocycles. The summed E-state index contributed by atoms with van der Waals surface area (Å²) in [5, 5.41) is 12.6. The van der Waals surface area contributed by atoms with E-state index in [-0.39, 0.29) is 29.8 Å². The molecular weight excluding hydrogens is 438 g/mol. The van der Waals surface area contributed by atoms with Gasteiger partial charge in [-0.15, -0.1) is 0 Å². The number of piperidine rings is 1. The Labute approximate surface area is 197 Å². The summed E-state index contributed by atoms with van der Waals surface area (Å²) in [5.41, 5.74) is 0.0694. The molecule has 4 atom stereocenters. The Hall–Kier alpha value is -2.16. The number of carbonyl (C=O) groups excluding carboxylic acids is 2. The van der Waals surface area contributed by atoms with Crippen LogP contribution in [0, 0.1) is 11.8 Å². The Morgan fingerprint density at radius 2 is 1.79 bits per heavy atom. The second-order valence-electron chi connectivity index (χ2n) is 11.3. The molecule has 1 amide bonds. The minimum Gasteiger partial charge on any atom is -0.479 e. The van der Waals surface area contributed by atoms with E-state index < -0.39 is 22.9 Å². The van der Waals surface area contributed by atoms with Crippen LogP contribution < -0.4 is 9.47 Å². The summed E-state index contributed by atoms with van der Waals surface area (Å²) >= 11 is 0. The first kappa shape index (κ1) is 20.1. The van der Waals surface area contributed by atoms with Crippen molar-refractivity contribution in [1.29, 1.82) is 0 Å². The van der Waals surface area contributed by atoms with E-state index in [2.05, 4.69) is 0 Å². The summed E-state index contributed by atoms with van der Waals surface area (Å²) in [5.74, 6) is 0.0626. The minimum absolute atomic E-state index is 0.0316. The van der Waals surface area contributed by atoms with Crippen LogP contribution in [0.25, 0.3) is 0 Å². The third-order valence-corrected chi connectivity index (χ3v) is 9.56. The maximum atomic E-state index is 13.3. The van der Waals surface area contributed by atoms with Crippen LogP contribution in [-0.2, 0) is 30.9 Å². The van der Waals surface area contributed by atoms with Gasteiger partial charge in [0.15, 0.2) is 17.6 Å². The lowest BCUT2D eigenvalue weighted by Crippen LogP contribution is -2.79. The van der Waals surface area contributed by atoms with Crippen molar-refractivity contribution in [2.75, 3.05) is 19.8 Å². The molecule has 3 heterocycles. The molecule has 0 unspecified atom stereocenters. The number of carbonyl (C=O) groups is 2. The normalized spacial score (nSPS) is 38.4. The predicted octanol–water partition coefficient (Wildman–Crippen LogP) is 1.84. The van der Waals surface area contributed by atoms with E-state index in [1.807, 2.05) is 17.0 Å². The fourth-order valence-electron chi connectivity index (χ4n) is 7.68. The van der Waals surface area contributed by atoms with Gasteiger partial charge in [-0.3, -0.25) is 9.59 Å². The van der Waals surface area contributed by atoms with Gasteiger partial charge in [-0.25, -0.2) is 0 Å². The molecular formula is C26H29NO7. The Morgan fingerprint density at radius 3 is 2.53 bits per heavy atom. The summed E-state index contributed by atoms with van der Waals surface area (Å²) < 4.78 is 24.9. The monoisotopic (exact) mass is 467 g/mol. The summed E-state index contributed by atoms with van der Waals surface area (Å²) in [7, 11) is 0. The third-order valence-electron chi connectivity index (χ3n) is 9.56. The fourth-order valence-corrected chi connectivity index (χ4v) is 7.68. The summed E-state index contributed by atoms with van der Waals surface area (Å²) in [6, 6.07) is 3.51. The number of aliphatic hydroxyl groups is 1. The number of hydrogen-bond acceptors (Lipinski definition) is 7. The highest BCUT2D eigenvalue weighted by molar-refractivity contribution is 5.83. The van der Waals surface area contributed by atoms with Crippen LogP contribution in [0.4, 0.5) is 0 Å². The average molecular weight is 468 g/mol. The zero-order valence-corrected chi connectivity index (χ0v) is 19.1. The van der Waals surface area contributed by atoms with Crippen molar-refractivity contribution in [1.82, 2.24) is 4.90 Å². The number of ether oxygens (including phenoxy) is 4. The van der Waals surface area contributed by atoms with Gasteiger partial charge in [0.25, 0.3) is 0 Å². The van der Waals surface area contributed by atoms with E-state index in [1.165, 1.54) is 0 Å². The lowest BCUT2D eigenvalue weighted by atomic mass is 9.48. The van der Waals surface area contributed by atoms with Crippen LogP contribution in [0.1, 0.15) is 56.1 Å². The first-order valence-corrected chi connectivity index (χ1v) is 12.8. The molecule has 8 heteroatoms. The quantitative estimate of drug-likeness (QED) is 0.535. The van der Waals surface area contributed by atoms with Crippen LogP contribution in [-0.4, -0.2) is 65.2 Å². The summed E-state index contributed by atoms with van der Waals surface area (Å²) in [6.45, 7) is 1.54. The zero-order valence-electron chi connectivity index (χ0n) is 19.1. The number of likely N-dealkylation sites (tertiary alicyclic amines) is 1. The van der Waals surface area contributed by atoms with E-state index in [9.17, 15) is 14.7 Å². The molecule has 8 nitrogen and oxygen atoms in total. The van der Waals surface area contributed by atoms with Gasteiger partial charge in [0, 0.05) is 24.4 Å². The number of rotatable bonds is 3. The number of fused-ring (bicyclic) bond motifs is 1. The van der Waals surface area contributed by atoms with E-state index in [4.69, 9.17) is 18.9 Å². The Balaban J connectivity index is 1.30. The van der Waals surface area contributed by atoms with E-state index in [1.54, 1.807) is 0 Å². The number of esters is 1. The zero-order chi connectivity index (χ0) is 22.9. The lowest BCUT2D eigenvalue weighted by molar-refractivity contribution is -0.295. The summed E-state index contributed by atoms with van der Waals surface area (Å²) in [4.78, 5) is 27.8. The summed E-state index contributed by atoms with van der Waals surface area (Å²) in [6.07, 6.45) is 5.16. The Bertz CT molecular complexity index is 1120. The van der Waals surface area contributed by atoms with Crippen molar-refractivity contribution < 1.29 is 33.6 Å². The second kappa shape index (κ2) is 6.33. The van der Waals surface area contributed by atoms with Crippen molar-refractivity contribution in [3.8, 4) is 11.5 Å². The molecule has 8 rings (SSSR count). The molecule has 2 saturated heterocycles. The number of hydrogen-bond donors (Lipinski definition) is 1. The maximum absolute atomic E-state index is 13.3. The first-order valence-electron chi connectivity index (χ1n) is 12.8. The average Bonchev–Trinajstić information content (AvgIpc) is 3.75. The van der Waals surface area contributed by atoms with Gasteiger partial charge in [-0.1, -0.05) is 6.07 Å². The van der Waals surface area contributed by atoms with Crippen molar-refractivity contribution in [2.24, 2.45) is 11.8 Å². The molecule has 180 valence electrons. The first-order chi connectivity index (χ1) is 16.5. The van der Waals surface area contributed by atoms with E-state index in [0.717, 1.165) is 36.8 Å². The fraction of sp³-hybridized carbons (Fsp3) is 0.692. The molecule has 1 N–H and O–H groups in total. The highest BCUT2D eigenvalue weighted by Crippen LogP contribution is 2.68. The molecule has 5 fully saturated rings. The highest BCUT2D eigenvalue weighted by atomic mass is 16.8. The van der Waals surface area contributed by atoms with Gasteiger partial charge in [-0.2, -0.15) is 0 Å². The van der Waals surface area contributed by atoms with Crippen LogP contribution in [0.3, 0.4) is 0 Å². The topological polar surface area (TPSA) is 94.5 Å². The molecule has 0 radical (unpaired) electrons. The third kappa shape index (κ3) is 2.30. The molecule has 3 saturated carbocycles. The number of benzene rings is 1. The molecule has 0 aromatic heterocycles. The van der Waals surface area contributed by atoms with Crippen LogP contribution in [0.2, 0.25) is 0 Å². The largest absolute Gasteiger partial charge is 0.479 e. The maximum Gasteiger partial charge on any atom is 0.314 e. The molecule has 1 aromatic rings. The molecule has 4 aliphatic carbocycles. The molecule has 34 heavy (non-hydrogen) atoms. The molecule has 3 aliphatic heterocycles. The molecule has 7 aliphatic rings. The Kier molecular flexibility index (Phi) is 3.74. The minimum atomic E-state index is -1.15. The van der Waals surface area contributed by atoms with Gasteiger partial charge in [-0.05, 0) is 56.6 Å². The van der Waals surface area contributed by atoms with Crippen LogP contribution >= 0.6 is 0 Å². The van der Waals surface area contributed by atoms with Crippen LogP contribution in [0.15, 0.2) is 12.1 Å². The standard InChI is InChI=1S/C26H29NO7/c28-21(14-1-2-14)27-10-9-24-19-16-5-6-17(33-22(29)15-3-4-15)20(19)34-23(24)26(31-11-12-32-26)8-7-25(24,30)18(27)13-16/h5-6,14-15,18,23,30H,1-4,7-13H2/t18-,23-,24+,25-/m1/s1. The SMILES string of the molecule is O=C(Oc1ccc2c3c1O[C@H]1C4(CC[C@@]5(O)[C@@H](C2)N(C(=O)C2CC2)CC[C@]315)OCCO4)C1CC1. The van der Waals surface area contributed by atoms with Gasteiger partial charge in [0.05, 0.1) is 36.2 Å². The van der Waals surface area contributed by atoms with Crippen molar-refractivity contribution >= 4 is 11.9 Å². The van der Waals surface area contributed by atoms with Gasteiger partial charge < -0.3 is 29.0 Å². The molecule has 2 bridgehead atoms. The van der Waals surface area contributed by atoms with Crippen molar-refractivity contribution in [3.05, 3.63) is 23.3 Å². The predicted molar refractivity (Wildman–Crippen MR) is 116 cm³/mol. The smallest absolute Gasteiger partial charge is 0.314 e. The Morgan fingerprint density at radius 1 is 1.03 bits per heavy atom. The van der Waals surface area contributed by atoms with Crippen molar-refractivity contribution in [2.45, 2.75) is 80.3 Å². The second-order valence-corrected chi connectivity index (χ2v) is 11.3. The van der Waals surface area contributed by atoms with Gasteiger partial charge in [0.2, 0.25) is 11.7 Å². The van der Waals surface area contributed by atoms with E-state index in [0.29, 0.717) is 56.9 Å². The van der Waals surface area contributed by atoms with Gasteiger partial charge >= 0.3 is 5.97 Å². The lowest BCUT2D eigenvalue weighted by Gasteiger charge is -2.65. The highest BCUT2D eigenvalue weighted by Gasteiger charge is 2.78. The van der Waals surface area contributed by atoms with Crippen LogP contribution in [0.5, 0.6) is 11.5 Å².